The Kier molecular flexibility index (Phi) is 3.58. The zero-order chi connectivity index (χ0) is 10.6. The van der Waals surface area contributed by atoms with E-state index in [2.05, 4.69) is 36.1 Å². The van der Waals surface area contributed by atoms with Gasteiger partial charge in [0.1, 0.15) is 5.82 Å². The maximum Gasteiger partial charge on any atom is 0.129 e. The lowest BCUT2D eigenvalue weighted by molar-refractivity contribution is 0.560. The van der Waals surface area contributed by atoms with Crippen molar-refractivity contribution in [3.05, 3.63) is 23.8 Å². The zero-order valence-electron chi connectivity index (χ0n) is 9.46. The minimum atomic E-state index is 0.108. The monoisotopic (exact) mass is 193 g/mol. The van der Waals surface area contributed by atoms with E-state index in [1.165, 1.54) is 0 Å². The lowest BCUT2D eigenvalue weighted by Gasteiger charge is -2.17. The van der Waals surface area contributed by atoms with E-state index in [4.69, 9.17) is 0 Å². The van der Waals surface area contributed by atoms with E-state index < -0.39 is 0 Å². The molecule has 0 amide bonds. The molecule has 1 aromatic heterocycles. The maximum atomic E-state index is 4.53. The Morgan fingerprint density at radius 3 is 2.64 bits per heavy atom. The molecule has 1 rings (SSSR count). The molecule has 0 spiro atoms. The van der Waals surface area contributed by atoms with Crippen molar-refractivity contribution in [2.45, 2.75) is 32.6 Å². The van der Waals surface area contributed by atoms with Gasteiger partial charge >= 0.3 is 0 Å². The van der Waals surface area contributed by atoms with Crippen LogP contribution >= 0.6 is 0 Å². The van der Waals surface area contributed by atoms with Crippen LogP contribution < -0.4 is 5.32 Å². The van der Waals surface area contributed by atoms with Gasteiger partial charge in [-0.15, -0.1) is 0 Å². The number of nitrogens with zero attached hydrogens (tertiary/aromatic N) is 2. The molecule has 0 fully saturated rings. The van der Waals surface area contributed by atoms with Gasteiger partial charge in [-0.05, 0) is 13.1 Å². The van der Waals surface area contributed by atoms with Gasteiger partial charge in [-0.2, -0.15) is 0 Å². The van der Waals surface area contributed by atoms with Gasteiger partial charge in [-0.3, -0.25) is 0 Å². The Hall–Kier alpha value is -0.960. The molecule has 1 heterocycles. The first-order chi connectivity index (χ1) is 6.54. The first-order valence-corrected chi connectivity index (χ1v) is 5.01. The summed E-state index contributed by atoms with van der Waals surface area (Å²) < 4.78 is 0. The van der Waals surface area contributed by atoms with Crippen LogP contribution in [0.3, 0.4) is 0 Å². The Labute approximate surface area is 86.0 Å². The quantitative estimate of drug-likeness (QED) is 0.791. The molecule has 0 saturated heterocycles. The van der Waals surface area contributed by atoms with Crippen LogP contribution in [-0.2, 0) is 11.8 Å². The highest BCUT2D eigenvalue weighted by Gasteiger charge is 2.15. The van der Waals surface area contributed by atoms with Crippen molar-refractivity contribution in [1.29, 1.82) is 0 Å². The Morgan fingerprint density at radius 1 is 1.36 bits per heavy atom. The topological polar surface area (TPSA) is 37.8 Å². The normalized spacial score (nSPS) is 11.7. The summed E-state index contributed by atoms with van der Waals surface area (Å²) >= 11 is 0. The summed E-state index contributed by atoms with van der Waals surface area (Å²) in [5.74, 6) is 0.923. The molecule has 1 N–H and O–H groups in total. The Balaban J connectivity index is 2.79. The van der Waals surface area contributed by atoms with Gasteiger partial charge in [0, 0.05) is 30.3 Å². The molecule has 0 aliphatic carbocycles. The molecule has 0 radical (unpaired) electrons. The molecule has 0 atom stereocenters. The van der Waals surface area contributed by atoms with E-state index in [0.29, 0.717) is 0 Å². The summed E-state index contributed by atoms with van der Waals surface area (Å²) in [7, 11) is 1.94. The van der Waals surface area contributed by atoms with Crippen molar-refractivity contribution in [3.8, 4) is 0 Å². The molecule has 3 heteroatoms. The van der Waals surface area contributed by atoms with E-state index in [0.717, 1.165) is 24.5 Å². The predicted octanol–water partition coefficient (Wildman–Crippen LogP) is 1.54. The van der Waals surface area contributed by atoms with Crippen LogP contribution in [0.25, 0.3) is 0 Å². The van der Waals surface area contributed by atoms with Crippen LogP contribution in [-0.4, -0.2) is 23.6 Å². The van der Waals surface area contributed by atoms with Gasteiger partial charge in [0.2, 0.25) is 0 Å². The molecule has 14 heavy (non-hydrogen) atoms. The van der Waals surface area contributed by atoms with E-state index in [1.54, 1.807) is 0 Å². The van der Waals surface area contributed by atoms with Gasteiger partial charge in [-0.25, -0.2) is 9.97 Å². The standard InChI is InChI=1S/C11H19N3/c1-11(2,3)9-5-8-13-10(14-9)6-7-12-4/h5,8,12H,6-7H2,1-4H3. The summed E-state index contributed by atoms with van der Waals surface area (Å²) in [5.41, 5.74) is 1.22. The zero-order valence-corrected chi connectivity index (χ0v) is 9.46. The second-order valence-corrected chi connectivity index (χ2v) is 4.46. The van der Waals surface area contributed by atoms with Crippen molar-refractivity contribution < 1.29 is 0 Å². The minimum absolute atomic E-state index is 0.108. The molecule has 1 aromatic rings. The molecule has 0 bridgehead atoms. The second kappa shape index (κ2) is 4.51. The fourth-order valence-corrected chi connectivity index (χ4v) is 1.17. The van der Waals surface area contributed by atoms with Gasteiger partial charge in [-0.1, -0.05) is 20.8 Å². The fourth-order valence-electron chi connectivity index (χ4n) is 1.17. The number of nitrogens with one attached hydrogen (secondary N) is 1. The average molecular weight is 193 g/mol. The Bertz CT molecular complexity index is 289. The summed E-state index contributed by atoms with van der Waals surface area (Å²) in [6.45, 7) is 7.42. The first kappa shape index (κ1) is 11.1. The molecule has 0 aliphatic heterocycles. The average Bonchev–Trinajstić information content (AvgIpc) is 2.14. The van der Waals surface area contributed by atoms with Crippen molar-refractivity contribution >= 4 is 0 Å². The largest absolute Gasteiger partial charge is 0.319 e. The lowest BCUT2D eigenvalue weighted by atomic mass is 9.92. The number of likely N-dealkylation sites (N-methyl/N-ethyl adjacent to an activating group) is 1. The third-order valence-corrected chi connectivity index (χ3v) is 2.07. The molecule has 0 aliphatic rings. The van der Waals surface area contributed by atoms with Crippen molar-refractivity contribution in [2.75, 3.05) is 13.6 Å². The van der Waals surface area contributed by atoms with E-state index in [1.807, 2.05) is 19.3 Å². The van der Waals surface area contributed by atoms with Crippen LogP contribution in [0.5, 0.6) is 0 Å². The predicted molar refractivity (Wildman–Crippen MR) is 58.4 cm³/mol. The third-order valence-electron chi connectivity index (χ3n) is 2.07. The van der Waals surface area contributed by atoms with Gasteiger partial charge in [0.05, 0.1) is 0 Å². The second-order valence-electron chi connectivity index (χ2n) is 4.46. The highest BCUT2D eigenvalue weighted by molar-refractivity contribution is 5.12. The summed E-state index contributed by atoms with van der Waals surface area (Å²) in [6.07, 6.45) is 2.74. The Morgan fingerprint density at radius 2 is 2.07 bits per heavy atom. The smallest absolute Gasteiger partial charge is 0.129 e. The minimum Gasteiger partial charge on any atom is -0.319 e. The van der Waals surface area contributed by atoms with Crippen LogP contribution in [0.4, 0.5) is 0 Å². The van der Waals surface area contributed by atoms with Crippen molar-refractivity contribution in [2.24, 2.45) is 0 Å². The molecule has 0 saturated carbocycles. The number of hydrogen-bond donors (Lipinski definition) is 1. The highest BCUT2D eigenvalue weighted by atomic mass is 14.9. The molecular formula is C11H19N3. The summed E-state index contributed by atoms with van der Waals surface area (Å²) in [4.78, 5) is 8.77. The molecule has 0 unspecified atom stereocenters. The van der Waals surface area contributed by atoms with Gasteiger partial charge in [0.25, 0.3) is 0 Å². The maximum absolute atomic E-state index is 4.53. The fraction of sp³-hybridized carbons (Fsp3) is 0.636. The van der Waals surface area contributed by atoms with Gasteiger partial charge in [0.15, 0.2) is 0 Å². The van der Waals surface area contributed by atoms with Crippen molar-refractivity contribution in [3.63, 3.8) is 0 Å². The van der Waals surface area contributed by atoms with E-state index in [9.17, 15) is 0 Å². The number of hydrogen-bond acceptors (Lipinski definition) is 3. The number of rotatable bonds is 3. The lowest BCUT2D eigenvalue weighted by Crippen LogP contribution is -2.17. The van der Waals surface area contributed by atoms with E-state index in [-0.39, 0.29) is 5.41 Å². The molecule has 3 nitrogen and oxygen atoms in total. The van der Waals surface area contributed by atoms with Crippen LogP contribution in [0.1, 0.15) is 32.3 Å². The molecule has 78 valence electrons. The van der Waals surface area contributed by atoms with E-state index >= 15 is 0 Å². The molecular weight excluding hydrogens is 174 g/mol. The highest BCUT2D eigenvalue weighted by Crippen LogP contribution is 2.18. The summed E-state index contributed by atoms with van der Waals surface area (Å²) in [6, 6.07) is 1.99. The SMILES string of the molecule is CNCCc1nccc(C(C)(C)C)n1. The first-order valence-electron chi connectivity index (χ1n) is 5.01. The van der Waals surface area contributed by atoms with Crippen LogP contribution in [0.2, 0.25) is 0 Å². The van der Waals surface area contributed by atoms with Gasteiger partial charge < -0.3 is 5.32 Å². The van der Waals surface area contributed by atoms with Crippen LogP contribution in [0.15, 0.2) is 12.3 Å². The molecule has 0 aromatic carbocycles. The van der Waals surface area contributed by atoms with Crippen molar-refractivity contribution in [1.82, 2.24) is 15.3 Å². The summed E-state index contributed by atoms with van der Waals surface area (Å²) in [5, 5.41) is 3.09. The van der Waals surface area contributed by atoms with Crippen LogP contribution in [0, 0.1) is 0 Å². The number of aromatic nitrogens is 2. The third kappa shape index (κ3) is 3.07.